The molecule has 1 aromatic carbocycles. The second kappa shape index (κ2) is 6.03. The average molecular weight is 274 g/mol. The third kappa shape index (κ3) is 4.22. The van der Waals surface area contributed by atoms with Crippen molar-refractivity contribution in [3.63, 3.8) is 0 Å². The van der Waals surface area contributed by atoms with Gasteiger partial charge in [0.15, 0.2) is 0 Å². The van der Waals surface area contributed by atoms with Gasteiger partial charge in [-0.15, -0.1) is 0 Å². The summed E-state index contributed by atoms with van der Waals surface area (Å²) in [6, 6.07) is 1.39. The summed E-state index contributed by atoms with van der Waals surface area (Å²) in [5.74, 6) is -2.03. The summed E-state index contributed by atoms with van der Waals surface area (Å²) in [5, 5.41) is 22.4. The molecule has 0 saturated heterocycles. The summed E-state index contributed by atoms with van der Waals surface area (Å²) < 4.78 is 26.6. The standard InChI is InChI=1S/C12H16F2N2O3/c1-12(2,3-4-17)15-7-8-5-11(16(18)19)10(14)6-9(8)13/h5-6,15,17H,3-4,7H2,1-2H3. The Balaban J connectivity index is 2.90. The first kappa shape index (κ1) is 15.5. The molecule has 106 valence electrons. The van der Waals surface area contributed by atoms with E-state index in [1.54, 1.807) is 13.8 Å². The van der Waals surface area contributed by atoms with E-state index in [4.69, 9.17) is 5.11 Å². The summed E-state index contributed by atoms with van der Waals surface area (Å²) in [6.07, 6.45) is 0.442. The van der Waals surface area contributed by atoms with Gasteiger partial charge in [-0.05, 0) is 20.3 Å². The van der Waals surface area contributed by atoms with E-state index < -0.39 is 27.8 Å². The third-order valence-electron chi connectivity index (χ3n) is 2.81. The number of aliphatic hydroxyl groups is 1. The first-order chi connectivity index (χ1) is 8.76. The van der Waals surface area contributed by atoms with Gasteiger partial charge in [0.25, 0.3) is 0 Å². The fourth-order valence-electron chi connectivity index (χ4n) is 1.56. The highest BCUT2D eigenvalue weighted by Gasteiger charge is 2.21. The number of halogens is 2. The second-order valence-corrected chi connectivity index (χ2v) is 4.86. The summed E-state index contributed by atoms with van der Waals surface area (Å²) in [5.41, 5.74) is -1.19. The van der Waals surface area contributed by atoms with Crippen molar-refractivity contribution in [3.8, 4) is 0 Å². The van der Waals surface area contributed by atoms with Gasteiger partial charge in [0.2, 0.25) is 5.82 Å². The van der Waals surface area contributed by atoms with Crippen LogP contribution in [0.5, 0.6) is 0 Å². The molecule has 0 atom stereocenters. The van der Waals surface area contributed by atoms with Crippen molar-refractivity contribution >= 4 is 5.69 Å². The van der Waals surface area contributed by atoms with E-state index in [0.29, 0.717) is 12.5 Å². The van der Waals surface area contributed by atoms with Gasteiger partial charge in [-0.3, -0.25) is 10.1 Å². The van der Waals surface area contributed by atoms with Crippen LogP contribution in [0.3, 0.4) is 0 Å². The number of hydrogen-bond donors (Lipinski definition) is 2. The van der Waals surface area contributed by atoms with Crippen LogP contribution in [0, 0.1) is 21.7 Å². The molecule has 0 bridgehead atoms. The number of nitrogens with one attached hydrogen (secondary N) is 1. The summed E-state index contributed by atoms with van der Waals surface area (Å²) in [6.45, 7) is 3.59. The predicted molar refractivity (Wildman–Crippen MR) is 65.6 cm³/mol. The number of nitrogens with zero attached hydrogens (tertiary/aromatic N) is 1. The molecule has 1 aromatic rings. The number of nitro benzene ring substituents is 1. The number of hydrogen-bond acceptors (Lipinski definition) is 4. The molecule has 0 aliphatic heterocycles. The van der Waals surface area contributed by atoms with Crippen molar-refractivity contribution in [1.29, 1.82) is 0 Å². The van der Waals surface area contributed by atoms with E-state index in [9.17, 15) is 18.9 Å². The predicted octanol–water partition coefficient (Wildman–Crippen LogP) is 2.12. The van der Waals surface area contributed by atoms with E-state index in [-0.39, 0.29) is 18.7 Å². The minimum atomic E-state index is -1.19. The lowest BCUT2D eigenvalue weighted by molar-refractivity contribution is -0.387. The van der Waals surface area contributed by atoms with Crippen LogP contribution in [-0.4, -0.2) is 22.2 Å². The summed E-state index contributed by atoms with van der Waals surface area (Å²) in [4.78, 5) is 9.69. The van der Waals surface area contributed by atoms with Gasteiger partial charge in [-0.2, -0.15) is 4.39 Å². The molecule has 5 nitrogen and oxygen atoms in total. The molecule has 0 saturated carbocycles. The van der Waals surface area contributed by atoms with Gasteiger partial charge in [0, 0.05) is 36.4 Å². The van der Waals surface area contributed by atoms with E-state index in [0.717, 1.165) is 6.07 Å². The lowest BCUT2D eigenvalue weighted by atomic mass is 10.0. The number of aliphatic hydroxyl groups excluding tert-OH is 1. The highest BCUT2D eigenvalue weighted by molar-refractivity contribution is 5.37. The monoisotopic (exact) mass is 274 g/mol. The van der Waals surface area contributed by atoms with E-state index in [1.807, 2.05) is 0 Å². The van der Waals surface area contributed by atoms with E-state index in [2.05, 4.69) is 5.32 Å². The van der Waals surface area contributed by atoms with Crippen LogP contribution < -0.4 is 5.32 Å². The molecule has 0 aliphatic rings. The molecule has 7 heteroatoms. The molecular weight excluding hydrogens is 258 g/mol. The van der Waals surface area contributed by atoms with Crippen LogP contribution in [0.2, 0.25) is 0 Å². The topological polar surface area (TPSA) is 75.4 Å². The van der Waals surface area contributed by atoms with E-state index >= 15 is 0 Å². The fourth-order valence-corrected chi connectivity index (χ4v) is 1.56. The van der Waals surface area contributed by atoms with Gasteiger partial charge in [0.1, 0.15) is 5.82 Å². The van der Waals surface area contributed by atoms with Crippen LogP contribution in [0.4, 0.5) is 14.5 Å². The number of benzene rings is 1. The van der Waals surface area contributed by atoms with Crippen LogP contribution >= 0.6 is 0 Å². The molecule has 0 aromatic heterocycles. The molecule has 0 fully saturated rings. The highest BCUT2D eigenvalue weighted by Crippen LogP contribution is 2.22. The molecule has 0 amide bonds. The Hall–Kier alpha value is -1.60. The summed E-state index contributed by atoms with van der Waals surface area (Å²) in [7, 11) is 0. The van der Waals surface area contributed by atoms with Crippen LogP contribution in [-0.2, 0) is 6.54 Å². The van der Waals surface area contributed by atoms with Crippen molar-refractivity contribution in [2.24, 2.45) is 0 Å². The Morgan fingerprint density at radius 1 is 1.37 bits per heavy atom. The molecule has 2 N–H and O–H groups in total. The summed E-state index contributed by atoms with van der Waals surface area (Å²) >= 11 is 0. The van der Waals surface area contributed by atoms with Gasteiger partial charge in [0.05, 0.1) is 4.92 Å². The largest absolute Gasteiger partial charge is 0.396 e. The zero-order valence-electron chi connectivity index (χ0n) is 10.7. The normalized spacial score (nSPS) is 11.6. The Morgan fingerprint density at radius 2 is 2.00 bits per heavy atom. The maximum atomic E-state index is 13.5. The Morgan fingerprint density at radius 3 is 2.53 bits per heavy atom. The van der Waals surface area contributed by atoms with Crippen LogP contribution in [0.15, 0.2) is 12.1 Å². The quantitative estimate of drug-likeness (QED) is 0.615. The van der Waals surface area contributed by atoms with Crippen molar-refractivity contribution < 1.29 is 18.8 Å². The van der Waals surface area contributed by atoms with Crippen molar-refractivity contribution in [1.82, 2.24) is 5.32 Å². The maximum absolute atomic E-state index is 13.5. The minimum absolute atomic E-state index is 0.0131. The maximum Gasteiger partial charge on any atom is 0.305 e. The van der Waals surface area contributed by atoms with Crippen molar-refractivity contribution in [2.45, 2.75) is 32.4 Å². The van der Waals surface area contributed by atoms with Crippen LogP contribution in [0.25, 0.3) is 0 Å². The van der Waals surface area contributed by atoms with Gasteiger partial charge in [-0.1, -0.05) is 0 Å². The lowest BCUT2D eigenvalue weighted by Crippen LogP contribution is -2.39. The molecule has 0 spiro atoms. The number of nitro groups is 1. The second-order valence-electron chi connectivity index (χ2n) is 4.86. The minimum Gasteiger partial charge on any atom is -0.396 e. The van der Waals surface area contributed by atoms with Gasteiger partial charge in [-0.25, -0.2) is 4.39 Å². The Kier molecular flexibility index (Phi) is 4.90. The first-order valence-corrected chi connectivity index (χ1v) is 5.75. The molecule has 0 aliphatic carbocycles. The van der Waals surface area contributed by atoms with Gasteiger partial charge >= 0.3 is 5.69 Å². The molecule has 0 radical (unpaired) electrons. The zero-order chi connectivity index (χ0) is 14.6. The highest BCUT2D eigenvalue weighted by atomic mass is 19.1. The molecule has 0 heterocycles. The Labute approximate surface area is 109 Å². The SMILES string of the molecule is CC(C)(CCO)NCc1cc([N+](=O)[O-])c(F)cc1F. The lowest BCUT2D eigenvalue weighted by Gasteiger charge is -2.25. The average Bonchev–Trinajstić information content (AvgIpc) is 2.27. The van der Waals surface area contributed by atoms with Gasteiger partial charge < -0.3 is 10.4 Å². The van der Waals surface area contributed by atoms with Crippen molar-refractivity contribution in [2.75, 3.05) is 6.61 Å². The molecule has 19 heavy (non-hydrogen) atoms. The molecular formula is C12H16F2N2O3. The number of rotatable bonds is 6. The fraction of sp³-hybridized carbons (Fsp3) is 0.500. The van der Waals surface area contributed by atoms with Crippen molar-refractivity contribution in [3.05, 3.63) is 39.4 Å². The van der Waals surface area contributed by atoms with E-state index in [1.165, 1.54) is 0 Å². The third-order valence-corrected chi connectivity index (χ3v) is 2.81. The Bertz CT molecular complexity index is 478. The smallest absolute Gasteiger partial charge is 0.305 e. The first-order valence-electron chi connectivity index (χ1n) is 5.75. The van der Waals surface area contributed by atoms with Crippen LogP contribution in [0.1, 0.15) is 25.8 Å². The molecule has 1 rings (SSSR count). The molecule has 0 unspecified atom stereocenters. The zero-order valence-corrected chi connectivity index (χ0v) is 10.7.